The van der Waals surface area contributed by atoms with Gasteiger partial charge in [0.15, 0.2) is 0 Å². The van der Waals surface area contributed by atoms with Crippen molar-refractivity contribution in [2.24, 2.45) is 0 Å². The summed E-state index contributed by atoms with van der Waals surface area (Å²) in [6.07, 6.45) is 8.29. The maximum atomic E-state index is 12.8. The van der Waals surface area contributed by atoms with Crippen LogP contribution in [0.3, 0.4) is 0 Å². The van der Waals surface area contributed by atoms with Gasteiger partial charge in [0.2, 0.25) is 15.9 Å². The summed E-state index contributed by atoms with van der Waals surface area (Å²) in [5.41, 5.74) is 1.15. The third-order valence-electron chi connectivity index (χ3n) is 5.53. The Morgan fingerprint density at radius 1 is 1.04 bits per heavy atom. The van der Waals surface area contributed by atoms with Crippen molar-refractivity contribution in [3.05, 3.63) is 35.9 Å². The number of nitrogens with zero attached hydrogens (tertiary/aromatic N) is 1. The van der Waals surface area contributed by atoms with Crippen molar-refractivity contribution in [2.75, 3.05) is 12.3 Å². The summed E-state index contributed by atoms with van der Waals surface area (Å²) in [5.74, 6) is 0.00999. The normalized spacial score (nSPS) is 22.4. The lowest BCUT2D eigenvalue weighted by molar-refractivity contribution is -0.125. The van der Waals surface area contributed by atoms with Crippen molar-refractivity contribution in [1.82, 2.24) is 9.62 Å². The quantitative estimate of drug-likeness (QED) is 0.793. The fourth-order valence-corrected chi connectivity index (χ4v) is 5.84. The zero-order valence-corrected chi connectivity index (χ0v) is 16.2. The zero-order valence-electron chi connectivity index (χ0n) is 15.4. The maximum Gasteiger partial charge on any atom is 0.238 e. The van der Waals surface area contributed by atoms with Gasteiger partial charge in [0, 0.05) is 12.6 Å². The Morgan fingerprint density at radius 2 is 1.77 bits per heavy atom. The molecule has 144 valence electrons. The van der Waals surface area contributed by atoms with Gasteiger partial charge in [-0.05, 0) is 44.1 Å². The largest absolute Gasteiger partial charge is 0.352 e. The van der Waals surface area contributed by atoms with Crippen LogP contribution in [0.15, 0.2) is 30.3 Å². The van der Waals surface area contributed by atoms with Crippen molar-refractivity contribution >= 4 is 15.9 Å². The molecule has 1 N–H and O–H groups in total. The molecule has 0 aromatic heterocycles. The third-order valence-corrected chi connectivity index (χ3v) is 7.48. The average Bonchev–Trinajstić information content (AvgIpc) is 3.14. The molecule has 1 saturated carbocycles. The van der Waals surface area contributed by atoms with E-state index in [1.54, 1.807) is 0 Å². The summed E-state index contributed by atoms with van der Waals surface area (Å²) >= 11 is 0. The first-order valence-electron chi connectivity index (χ1n) is 9.90. The first-order chi connectivity index (χ1) is 12.6. The second-order valence-corrected chi connectivity index (χ2v) is 9.56. The fraction of sp³-hybridized carbons (Fsp3) is 0.650. The standard InChI is InChI=1S/C20H30N2O3S/c23-20(21-18-12-5-2-6-13-18)19-14-7-15-22(19)26(24,25)16-8-11-17-9-3-1-4-10-17/h1,3-4,9-10,18-19H,2,5-8,11-16H2,(H,21,23)/t19-/m0/s1. The Balaban J connectivity index is 1.54. The lowest BCUT2D eigenvalue weighted by Gasteiger charge is -2.28. The summed E-state index contributed by atoms with van der Waals surface area (Å²) in [6.45, 7) is 0.469. The van der Waals surface area contributed by atoms with E-state index in [1.807, 2.05) is 30.3 Å². The molecule has 1 aromatic carbocycles. The fourth-order valence-electron chi connectivity index (χ4n) is 4.10. The van der Waals surface area contributed by atoms with Crippen molar-refractivity contribution in [2.45, 2.75) is 69.9 Å². The van der Waals surface area contributed by atoms with Crippen LogP contribution in [-0.2, 0) is 21.2 Å². The predicted molar refractivity (Wildman–Crippen MR) is 103 cm³/mol. The summed E-state index contributed by atoms with van der Waals surface area (Å²) in [5, 5.41) is 3.10. The van der Waals surface area contributed by atoms with Gasteiger partial charge in [-0.1, -0.05) is 49.6 Å². The molecule has 1 atom stereocenters. The third kappa shape index (κ3) is 5.07. The Labute approximate surface area is 157 Å². The molecule has 0 bridgehead atoms. The predicted octanol–water partition coefficient (Wildman–Crippen LogP) is 2.86. The number of aryl methyl sites for hydroxylation is 1. The van der Waals surface area contributed by atoms with Crippen LogP contribution in [-0.4, -0.2) is 43.0 Å². The Hall–Kier alpha value is -1.40. The molecule has 26 heavy (non-hydrogen) atoms. The number of sulfonamides is 1. The number of carbonyl (C=O) groups is 1. The number of amides is 1. The van der Waals surface area contributed by atoms with Crippen LogP contribution in [0.25, 0.3) is 0 Å². The molecule has 1 aliphatic carbocycles. The second-order valence-electron chi connectivity index (χ2n) is 7.52. The molecule has 3 rings (SSSR count). The molecule has 1 amide bonds. The van der Waals surface area contributed by atoms with Crippen LogP contribution in [0.2, 0.25) is 0 Å². The molecule has 1 aromatic rings. The minimum Gasteiger partial charge on any atom is -0.352 e. The number of hydrogen-bond donors (Lipinski definition) is 1. The van der Waals surface area contributed by atoms with E-state index in [0.717, 1.165) is 44.1 Å². The minimum absolute atomic E-state index is 0.0963. The molecular formula is C20H30N2O3S. The van der Waals surface area contributed by atoms with Gasteiger partial charge in [-0.25, -0.2) is 8.42 Å². The highest BCUT2D eigenvalue weighted by Gasteiger charge is 2.38. The summed E-state index contributed by atoms with van der Waals surface area (Å²) in [7, 11) is -3.39. The van der Waals surface area contributed by atoms with E-state index in [4.69, 9.17) is 0 Å². The van der Waals surface area contributed by atoms with Crippen LogP contribution in [0.4, 0.5) is 0 Å². The van der Waals surface area contributed by atoms with Gasteiger partial charge in [0.1, 0.15) is 6.04 Å². The molecule has 1 saturated heterocycles. The molecule has 0 radical (unpaired) electrons. The maximum absolute atomic E-state index is 12.8. The molecule has 2 fully saturated rings. The van der Waals surface area contributed by atoms with Crippen LogP contribution >= 0.6 is 0 Å². The summed E-state index contributed by atoms with van der Waals surface area (Å²) < 4.78 is 27.0. The van der Waals surface area contributed by atoms with E-state index in [-0.39, 0.29) is 17.7 Å². The lowest BCUT2D eigenvalue weighted by atomic mass is 9.95. The molecule has 2 aliphatic rings. The Kier molecular flexibility index (Phi) is 6.70. The smallest absolute Gasteiger partial charge is 0.238 e. The highest BCUT2D eigenvalue weighted by Crippen LogP contribution is 2.24. The SMILES string of the molecule is O=C(NC1CCCCC1)[C@@H]1CCCN1S(=O)(=O)CCCc1ccccc1. The highest BCUT2D eigenvalue weighted by atomic mass is 32.2. The molecule has 1 heterocycles. The van der Waals surface area contributed by atoms with Gasteiger partial charge in [-0.3, -0.25) is 4.79 Å². The van der Waals surface area contributed by atoms with Crippen LogP contribution in [0.5, 0.6) is 0 Å². The van der Waals surface area contributed by atoms with Gasteiger partial charge in [-0.15, -0.1) is 0 Å². The van der Waals surface area contributed by atoms with Crippen LogP contribution in [0, 0.1) is 0 Å². The van der Waals surface area contributed by atoms with Gasteiger partial charge in [0.25, 0.3) is 0 Å². The van der Waals surface area contributed by atoms with E-state index in [0.29, 0.717) is 19.4 Å². The van der Waals surface area contributed by atoms with Crippen molar-refractivity contribution in [3.63, 3.8) is 0 Å². The first-order valence-corrected chi connectivity index (χ1v) is 11.5. The molecular weight excluding hydrogens is 348 g/mol. The molecule has 0 spiro atoms. The van der Waals surface area contributed by atoms with Crippen LogP contribution in [0.1, 0.15) is 56.9 Å². The minimum atomic E-state index is -3.39. The number of hydrogen-bond acceptors (Lipinski definition) is 3. The second kappa shape index (κ2) is 9.00. The number of carbonyl (C=O) groups excluding carboxylic acids is 1. The Morgan fingerprint density at radius 3 is 2.50 bits per heavy atom. The molecule has 1 aliphatic heterocycles. The van der Waals surface area contributed by atoms with Gasteiger partial charge in [0.05, 0.1) is 5.75 Å². The number of nitrogens with one attached hydrogen (secondary N) is 1. The van der Waals surface area contributed by atoms with E-state index >= 15 is 0 Å². The summed E-state index contributed by atoms with van der Waals surface area (Å²) in [4.78, 5) is 12.6. The molecule has 0 unspecified atom stereocenters. The Bertz CT molecular complexity index is 684. The zero-order chi connectivity index (χ0) is 18.4. The topological polar surface area (TPSA) is 66.5 Å². The van der Waals surface area contributed by atoms with Crippen molar-refractivity contribution in [3.8, 4) is 0 Å². The molecule has 5 nitrogen and oxygen atoms in total. The van der Waals surface area contributed by atoms with Crippen molar-refractivity contribution < 1.29 is 13.2 Å². The van der Waals surface area contributed by atoms with E-state index in [1.165, 1.54) is 10.7 Å². The monoisotopic (exact) mass is 378 g/mol. The van der Waals surface area contributed by atoms with Gasteiger partial charge in [-0.2, -0.15) is 4.31 Å². The highest BCUT2D eigenvalue weighted by molar-refractivity contribution is 7.89. The van der Waals surface area contributed by atoms with Crippen LogP contribution < -0.4 is 5.32 Å². The lowest BCUT2D eigenvalue weighted by Crippen LogP contribution is -2.49. The first kappa shape index (κ1) is 19.4. The van der Waals surface area contributed by atoms with E-state index < -0.39 is 16.1 Å². The van der Waals surface area contributed by atoms with Gasteiger partial charge >= 0.3 is 0 Å². The van der Waals surface area contributed by atoms with Gasteiger partial charge < -0.3 is 5.32 Å². The summed E-state index contributed by atoms with van der Waals surface area (Å²) in [6, 6.07) is 9.63. The number of benzene rings is 1. The van der Waals surface area contributed by atoms with Crippen molar-refractivity contribution in [1.29, 1.82) is 0 Å². The van der Waals surface area contributed by atoms with E-state index in [2.05, 4.69) is 5.32 Å². The average molecular weight is 379 g/mol. The van der Waals surface area contributed by atoms with E-state index in [9.17, 15) is 13.2 Å². The molecule has 6 heteroatoms. The number of rotatable bonds is 7.